The summed E-state index contributed by atoms with van der Waals surface area (Å²) >= 11 is 7.65. The lowest BCUT2D eigenvalue weighted by Crippen LogP contribution is -2.44. The van der Waals surface area contributed by atoms with Gasteiger partial charge in [-0.3, -0.25) is 9.36 Å². The van der Waals surface area contributed by atoms with E-state index in [-0.39, 0.29) is 11.7 Å². The fourth-order valence-electron chi connectivity index (χ4n) is 3.60. The van der Waals surface area contributed by atoms with Gasteiger partial charge < -0.3 is 15.1 Å². The number of nitrogens with one attached hydrogen (secondary N) is 1. The van der Waals surface area contributed by atoms with Crippen molar-refractivity contribution >= 4 is 40.6 Å². The predicted molar refractivity (Wildman–Crippen MR) is 124 cm³/mol. The summed E-state index contributed by atoms with van der Waals surface area (Å²) < 4.78 is 15.1. The zero-order chi connectivity index (χ0) is 22.0. The topological polar surface area (TPSA) is 53.4 Å². The van der Waals surface area contributed by atoms with E-state index in [9.17, 15) is 9.18 Å². The van der Waals surface area contributed by atoms with Crippen molar-refractivity contribution in [2.75, 3.05) is 49.7 Å². The van der Waals surface area contributed by atoms with Gasteiger partial charge in [0.05, 0.1) is 17.6 Å². The molecular weight excluding hydrogens is 437 g/mol. The second-order valence-corrected chi connectivity index (χ2v) is 8.56. The highest BCUT2D eigenvalue weighted by Crippen LogP contribution is 2.31. The summed E-state index contributed by atoms with van der Waals surface area (Å²) in [5.74, 6) is -0.647. The zero-order valence-electron chi connectivity index (χ0n) is 17.3. The molecule has 0 aliphatic carbocycles. The molecule has 1 aromatic heterocycles. The number of rotatable bonds is 5. The van der Waals surface area contributed by atoms with Gasteiger partial charge in [0.25, 0.3) is 5.91 Å². The average Bonchev–Trinajstić information content (AvgIpc) is 3.19. The molecule has 1 N–H and O–H groups in total. The number of hydrogen-bond donors (Lipinski definition) is 1. The molecule has 4 rings (SSSR count). The van der Waals surface area contributed by atoms with Gasteiger partial charge in [-0.05, 0) is 55.8 Å². The maximum absolute atomic E-state index is 13.4. The van der Waals surface area contributed by atoms with Crippen LogP contribution in [0.2, 0.25) is 5.02 Å². The zero-order valence-corrected chi connectivity index (χ0v) is 18.9. The molecule has 31 heavy (non-hydrogen) atoms. The number of piperazine rings is 1. The van der Waals surface area contributed by atoms with E-state index in [1.807, 2.05) is 18.4 Å². The Bertz CT molecular complexity index is 1080. The van der Waals surface area contributed by atoms with Crippen LogP contribution in [-0.4, -0.2) is 59.8 Å². The first-order valence-electron chi connectivity index (χ1n) is 9.88. The largest absolute Gasteiger partial charge is 0.367 e. The van der Waals surface area contributed by atoms with Crippen LogP contribution in [0.4, 0.5) is 15.8 Å². The summed E-state index contributed by atoms with van der Waals surface area (Å²) in [5.41, 5.74) is 2.61. The SMILES string of the molecule is CSc1ncc(C(=O)Nc2cc(Cl)ccc2N2CCN(C)CC2)n1-c1ccc(F)cc1. The number of carbonyl (C=O) groups is 1. The monoisotopic (exact) mass is 459 g/mol. The molecule has 0 radical (unpaired) electrons. The normalized spacial score (nSPS) is 14.6. The number of halogens is 2. The van der Waals surface area contributed by atoms with E-state index in [0.717, 1.165) is 31.9 Å². The van der Waals surface area contributed by atoms with Crippen LogP contribution in [0.15, 0.2) is 53.8 Å². The van der Waals surface area contributed by atoms with E-state index < -0.39 is 0 Å². The summed E-state index contributed by atoms with van der Waals surface area (Å²) in [7, 11) is 2.10. The Balaban J connectivity index is 1.66. The second kappa shape index (κ2) is 9.30. The van der Waals surface area contributed by atoms with Crippen LogP contribution in [-0.2, 0) is 0 Å². The number of aromatic nitrogens is 2. The van der Waals surface area contributed by atoms with Crippen LogP contribution < -0.4 is 10.2 Å². The van der Waals surface area contributed by atoms with Crippen molar-refractivity contribution in [2.24, 2.45) is 0 Å². The lowest BCUT2D eigenvalue weighted by atomic mass is 10.2. The third kappa shape index (κ3) is 4.71. The Hall–Kier alpha value is -2.55. The molecular formula is C22H23ClFN5OS. The summed E-state index contributed by atoms with van der Waals surface area (Å²) in [6.07, 6.45) is 3.41. The van der Waals surface area contributed by atoms with Gasteiger partial charge in [-0.25, -0.2) is 9.37 Å². The molecule has 0 spiro atoms. The Morgan fingerprint density at radius 1 is 1.13 bits per heavy atom. The Labute approximate surface area is 190 Å². The number of nitrogens with zero attached hydrogens (tertiary/aromatic N) is 4. The van der Waals surface area contributed by atoms with Gasteiger partial charge in [0, 0.05) is 36.9 Å². The predicted octanol–water partition coefficient (Wildman–Crippen LogP) is 4.39. The lowest BCUT2D eigenvalue weighted by molar-refractivity contribution is 0.102. The molecule has 0 bridgehead atoms. The Morgan fingerprint density at radius 2 is 1.84 bits per heavy atom. The van der Waals surface area contributed by atoms with Gasteiger partial charge >= 0.3 is 0 Å². The van der Waals surface area contributed by atoms with Crippen molar-refractivity contribution in [3.8, 4) is 5.69 Å². The highest BCUT2D eigenvalue weighted by molar-refractivity contribution is 7.98. The standard InChI is InChI=1S/C22H23ClFN5OS/c1-27-9-11-28(12-10-27)19-8-3-15(23)13-18(19)26-21(30)20-14-25-22(31-2)29(20)17-6-4-16(24)5-7-17/h3-8,13-14H,9-12H2,1-2H3,(H,26,30). The molecule has 2 heterocycles. The first-order valence-corrected chi connectivity index (χ1v) is 11.5. The molecule has 1 aliphatic rings. The molecule has 2 aromatic carbocycles. The van der Waals surface area contributed by atoms with Crippen molar-refractivity contribution in [3.63, 3.8) is 0 Å². The van der Waals surface area contributed by atoms with Gasteiger partial charge in [-0.1, -0.05) is 23.4 Å². The molecule has 162 valence electrons. The minimum Gasteiger partial charge on any atom is -0.367 e. The molecule has 0 unspecified atom stereocenters. The van der Waals surface area contributed by atoms with E-state index in [0.29, 0.717) is 27.2 Å². The van der Waals surface area contributed by atoms with E-state index in [4.69, 9.17) is 11.6 Å². The molecule has 0 saturated carbocycles. The van der Waals surface area contributed by atoms with Crippen LogP contribution in [0.25, 0.3) is 5.69 Å². The fraction of sp³-hybridized carbons (Fsp3) is 0.273. The van der Waals surface area contributed by atoms with E-state index in [1.165, 1.54) is 30.1 Å². The van der Waals surface area contributed by atoms with Crippen molar-refractivity contribution in [1.29, 1.82) is 0 Å². The van der Waals surface area contributed by atoms with Gasteiger partial charge in [0.2, 0.25) is 0 Å². The van der Waals surface area contributed by atoms with E-state index in [2.05, 4.69) is 27.1 Å². The van der Waals surface area contributed by atoms with Gasteiger partial charge in [0.15, 0.2) is 5.16 Å². The van der Waals surface area contributed by atoms with Gasteiger partial charge in [-0.15, -0.1) is 0 Å². The lowest BCUT2D eigenvalue weighted by Gasteiger charge is -2.35. The summed E-state index contributed by atoms with van der Waals surface area (Å²) in [6.45, 7) is 3.63. The average molecular weight is 460 g/mol. The first-order chi connectivity index (χ1) is 15.0. The molecule has 1 saturated heterocycles. The minimum atomic E-state index is -0.337. The number of benzene rings is 2. The van der Waals surface area contributed by atoms with Crippen LogP contribution in [0.3, 0.4) is 0 Å². The number of thioether (sulfide) groups is 1. The number of anilines is 2. The van der Waals surface area contributed by atoms with Gasteiger partial charge in [0.1, 0.15) is 11.5 Å². The Morgan fingerprint density at radius 3 is 2.52 bits per heavy atom. The maximum atomic E-state index is 13.4. The van der Waals surface area contributed by atoms with Gasteiger partial charge in [-0.2, -0.15) is 0 Å². The molecule has 9 heteroatoms. The van der Waals surface area contributed by atoms with Crippen LogP contribution in [0.1, 0.15) is 10.5 Å². The number of carbonyl (C=O) groups excluding carboxylic acids is 1. The quantitative estimate of drug-likeness (QED) is 0.573. The molecule has 1 amide bonds. The van der Waals surface area contributed by atoms with Crippen LogP contribution in [0.5, 0.6) is 0 Å². The van der Waals surface area contributed by atoms with Crippen molar-refractivity contribution in [2.45, 2.75) is 5.16 Å². The molecule has 6 nitrogen and oxygen atoms in total. The van der Waals surface area contributed by atoms with Crippen molar-refractivity contribution in [3.05, 3.63) is 65.2 Å². The van der Waals surface area contributed by atoms with E-state index in [1.54, 1.807) is 22.8 Å². The van der Waals surface area contributed by atoms with Crippen molar-refractivity contribution in [1.82, 2.24) is 14.5 Å². The molecule has 0 atom stereocenters. The number of amides is 1. The summed E-state index contributed by atoms with van der Waals surface area (Å²) in [4.78, 5) is 22.2. The van der Waals surface area contributed by atoms with Crippen LogP contribution in [0, 0.1) is 5.82 Å². The molecule has 1 aliphatic heterocycles. The maximum Gasteiger partial charge on any atom is 0.274 e. The fourth-order valence-corrected chi connectivity index (χ4v) is 4.31. The molecule has 3 aromatic rings. The minimum absolute atomic E-state index is 0.310. The molecule has 1 fully saturated rings. The number of hydrogen-bond acceptors (Lipinski definition) is 5. The third-order valence-corrected chi connectivity index (χ3v) is 6.17. The summed E-state index contributed by atoms with van der Waals surface area (Å²) in [5, 5.41) is 4.20. The first kappa shape index (κ1) is 21.7. The van der Waals surface area contributed by atoms with E-state index >= 15 is 0 Å². The highest BCUT2D eigenvalue weighted by Gasteiger charge is 2.22. The van der Waals surface area contributed by atoms with Crippen molar-refractivity contribution < 1.29 is 9.18 Å². The summed E-state index contributed by atoms with van der Waals surface area (Å²) in [6, 6.07) is 11.5. The smallest absolute Gasteiger partial charge is 0.274 e. The number of likely N-dealkylation sites (N-methyl/N-ethyl adjacent to an activating group) is 1. The highest BCUT2D eigenvalue weighted by atomic mass is 35.5. The number of imidazole rings is 1. The third-order valence-electron chi connectivity index (χ3n) is 5.28. The Kier molecular flexibility index (Phi) is 6.50. The van der Waals surface area contributed by atoms with Crippen LogP contribution >= 0.6 is 23.4 Å². The second-order valence-electron chi connectivity index (χ2n) is 7.35.